The number of hydrogen-bond donors (Lipinski definition) is 2. The van der Waals surface area contributed by atoms with E-state index >= 15 is 0 Å². The minimum atomic E-state index is -0.842. The van der Waals surface area contributed by atoms with Gasteiger partial charge in [0, 0.05) is 12.5 Å². The van der Waals surface area contributed by atoms with Crippen LogP contribution >= 0.6 is 0 Å². The molecule has 1 aromatic rings. The molecule has 0 aromatic heterocycles. The Hall–Kier alpha value is -1.91. The lowest BCUT2D eigenvalue weighted by Crippen LogP contribution is -2.45. The van der Waals surface area contributed by atoms with Crippen LogP contribution in [-0.4, -0.2) is 23.0 Å². The molecule has 1 aromatic carbocycles. The lowest BCUT2D eigenvalue weighted by atomic mass is 9.84. The van der Waals surface area contributed by atoms with E-state index in [9.17, 15) is 14.0 Å². The van der Waals surface area contributed by atoms with E-state index in [0.29, 0.717) is 19.3 Å². The number of carbonyl (C=O) groups excluding carboxylic acids is 1. The zero-order chi connectivity index (χ0) is 15.2. The van der Waals surface area contributed by atoms with Gasteiger partial charge in [-0.3, -0.25) is 9.59 Å². The van der Waals surface area contributed by atoms with Crippen LogP contribution < -0.4 is 5.32 Å². The van der Waals surface area contributed by atoms with Crippen molar-refractivity contribution in [3.63, 3.8) is 0 Å². The van der Waals surface area contributed by atoms with E-state index in [-0.39, 0.29) is 24.2 Å². The van der Waals surface area contributed by atoms with Crippen LogP contribution in [0.4, 0.5) is 4.39 Å². The third-order valence-corrected chi connectivity index (χ3v) is 3.96. The average Bonchev–Trinajstić information content (AvgIpc) is 2.45. The zero-order valence-corrected chi connectivity index (χ0v) is 11.8. The molecule has 0 aliphatic heterocycles. The van der Waals surface area contributed by atoms with Crippen molar-refractivity contribution in [2.24, 2.45) is 5.92 Å². The fourth-order valence-corrected chi connectivity index (χ4v) is 2.83. The summed E-state index contributed by atoms with van der Waals surface area (Å²) in [6.07, 6.45) is 3.86. The number of carbonyl (C=O) groups is 2. The fourth-order valence-electron chi connectivity index (χ4n) is 2.83. The topological polar surface area (TPSA) is 66.4 Å². The van der Waals surface area contributed by atoms with Gasteiger partial charge in [0.25, 0.3) is 0 Å². The van der Waals surface area contributed by atoms with E-state index in [4.69, 9.17) is 5.11 Å². The first-order chi connectivity index (χ1) is 10.1. The summed E-state index contributed by atoms with van der Waals surface area (Å²) >= 11 is 0. The first-order valence-corrected chi connectivity index (χ1v) is 7.33. The molecule has 5 heteroatoms. The highest BCUT2D eigenvalue weighted by molar-refractivity contribution is 5.78. The van der Waals surface area contributed by atoms with E-state index in [1.165, 1.54) is 12.1 Å². The number of aryl methyl sites for hydroxylation is 1. The molecule has 1 aliphatic carbocycles. The Morgan fingerprint density at radius 3 is 2.76 bits per heavy atom. The minimum Gasteiger partial charge on any atom is -0.481 e. The van der Waals surface area contributed by atoms with Crippen molar-refractivity contribution < 1.29 is 19.1 Å². The summed E-state index contributed by atoms with van der Waals surface area (Å²) in [5.74, 6) is -1.81. The Morgan fingerprint density at radius 2 is 2.05 bits per heavy atom. The van der Waals surface area contributed by atoms with Gasteiger partial charge in [-0.25, -0.2) is 4.39 Å². The zero-order valence-electron chi connectivity index (χ0n) is 11.8. The number of hydrogen-bond acceptors (Lipinski definition) is 2. The molecule has 2 N–H and O–H groups in total. The molecule has 0 heterocycles. The van der Waals surface area contributed by atoms with Gasteiger partial charge in [0.15, 0.2) is 0 Å². The molecule has 2 rings (SSSR count). The van der Waals surface area contributed by atoms with E-state index in [2.05, 4.69) is 5.32 Å². The third-order valence-electron chi connectivity index (χ3n) is 3.96. The van der Waals surface area contributed by atoms with Gasteiger partial charge in [-0.05, 0) is 37.0 Å². The number of amides is 1. The predicted molar refractivity (Wildman–Crippen MR) is 76.2 cm³/mol. The lowest BCUT2D eigenvalue weighted by molar-refractivity contribution is -0.144. The average molecular weight is 293 g/mol. The molecule has 114 valence electrons. The number of nitrogens with one attached hydrogen (secondary N) is 1. The molecule has 0 spiro atoms. The summed E-state index contributed by atoms with van der Waals surface area (Å²) in [5, 5.41) is 12.0. The first kappa shape index (κ1) is 15.5. The third kappa shape index (κ3) is 4.55. The molecule has 0 bridgehead atoms. The molecule has 1 saturated carbocycles. The van der Waals surface area contributed by atoms with Crippen LogP contribution in [-0.2, 0) is 16.0 Å². The van der Waals surface area contributed by atoms with Crippen LogP contribution in [0.2, 0.25) is 0 Å². The SMILES string of the molecule is O=C(CCc1cccc(F)c1)N[C@H]1CCCC[C@@H]1C(=O)O. The summed E-state index contributed by atoms with van der Waals surface area (Å²) in [6, 6.07) is 5.88. The van der Waals surface area contributed by atoms with Crippen LogP contribution in [0.3, 0.4) is 0 Å². The Labute approximate surface area is 123 Å². The molecule has 1 aliphatic rings. The number of rotatable bonds is 5. The van der Waals surface area contributed by atoms with Crippen molar-refractivity contribution in [2.75, 3.05) is 0 Å². The van der Waals surface area contributed by atoms with Gasteiger partial charge < -0.3 is 10.4 Å². The number of halogens is 1. The Morgan fingerprint density at radius 1 is 1.29 bits per heavy atom. The fraction of sp³-hybridized carbons (Fsp3) is 0.500. The van der Waals surface area contributed by atoms with Gasteiger partial charge in [0.1, 0.15) is 5.82 Å². The largest absolute Gasteiger partial charge is 0.481 e. The predicted octanol–water partition coefficient (Wildman–Crippen LogP) is 2.52. The van der Waals surface area contributed by atoms with Crippen LogP contribution in [0.15, 0.2) is 24.3 Å². The van der Waals surface area contributed by atoms with Crippen molar-refractivity contribution in [3.05, 3.63) is 35.6 Å². The number of carboxylic acids is 1. The molecule has 21 heavy (non-hydrogen) atoms. The summed E-state index contributed by atoms with van der Waals surface area (Å²) < 4.78 is 13.0. The van der Waals surface area contributed by atoms with Gasteiger partial charge in [-0.15, -0.1) is 0 Å². The molecule has 1 fully saturated rings. The van der Waals surface area contributed by atoms with Crippen molar-refractivity contribution in [2.45, 2.75) is 44.6 Å². The van der Waals surface area contributed by atoms with E-state index in [1.807, 2.05) is 0 Å². The molecule has 0 unspecified atom stereocenters. The van der Waals surface area contributed by atoms with Gasteiger partial charge in [-0.2, -0.15) is 0 Å². The maximum atomic E-state index is 13.0. The maximum absolute atomic E-state index is 13.0. The van der Waals surface area contributed by atoms with Crippen molar-refractivity contribution in [3.8, 4) is 0 Å². The second-order valence-electron chi connectivity index (χ2n) is 5.53. The highest BCUT2D eigenvalue weighted by atomic mass is 19.1. The van der Waals surface area contributed by atoms with Crippen LogP contribution in [0, 0.1) is 11.7 Å². The highest BCUT2D eigenvalue weighted by Gasteiger charge is 2.31. The van der Waals surface area contributed by atoms with Crippen molar-refractivity contribution in [1.29, 1.82) is 0 Å². The monoisotopic (exact) mass is 293 g/mol. The summed E-state index contributed by atoms with van der Waals surface area (Å²) in [7, 11) is 0. The van der Waals surface area contributed by atoms with Crippen LogP contribution in [0.25, 0.3) is 0 Å². The molecule has 2 atom stereocenters. The van der Waals surface area contributed by atoms with E-state index in [1.54, 1.807) is 12.1 Å². The summed E-state index contributed by atoms with van der Waals surface area (Å²) in [4.78, 5) is 23.1. The molecular formula is C16H20FNO3. The highest BCUT2D eigenvalue weighted by Crippen LogP contribution is 2.24. The van der Waals surface area contributed by atoms with Crippen LogP contribution in [0.5, 0.6) is 0 Å². The van der Waals surface area contributed by atoms with Crippen molar-refractivity contribution in [1.82, 2.24) is 5.32 Å². The molecule has 0 saturated heterocycles. The van der Waals surface area contributed by atoms with Gasteiger partial charge in [0.2, 0.25) is 5.91 Å². The molecule has 0 radical (unpaired) electrons. The number of benzene rings is 1. The van der Waals surface area contributed by atoms with Gasteiger partial charge >= 0.3 is 5.97 Å². The van der Waals surface area contributed by atoms with Gasteiger partial charge in [0.05, 0.1) is 5.92 Å². The standard InChI is InChI=1S/C16H20FNO3/c17-12-5-3-4-11(10-12)8-9-15(19)18-14-7-2-1-6-13(14)16(20)21/h3-5,10,13-14H,1-2,6-9H2,(H,18,19)(H,20,21)/t13-,14-/m0/s1. The Balaban J connectivity index is 1.84. The number of carboxylic acid groups (broad SMARTS) is 1. The second kappa shape index (κ2) is 7.20. The lowest BCUT2D eigenvalue weighted by Gasteiger charge is -2.29. The van der Waals surface area contributed by atoms with Gasteiger partial charge in [-0.1, -0.05) is 25.0 Å². The van der Waals surface area contributed by atoms with Crippen LogP contribution in [0.1, 0.15) is 37.7 Å². The Kier molecular flexibility index (Phi) is 5.31. The first-order valence-electron chi connectivity index (χ1n) is 7.33. The normalized spacial score (nSPS) is 21.8. The maximum Gasteiger partial charge on any atom is 0.308 e. The molecule has 4 nitrogen and oxygen atoms in total. The van der Waals surface area contributed by atoms with E-state index in [0.717, 1.165) is 18.4 Å². The van der Waals surface area contributed by atoms with Crippen molar-refractivity contribution >= 4 is 11.9 Å². The second-order valence-corrected chi connectivity index (χ2v) is 5.53. The smallest absolute Gasteiger partial charge is 0.308 e. The Bertz CT molecular complexity index is 518. The number of aliphatic carboxylic acids is 1. The molecular weight excluding hydrogens is 273 g/mol. The summed E-state index contributed by atoms with van der Waals surface area (Å²) in [5.41, 5.74) is 0.767. The van der Waals surface area contributed by atoms with E-state index < -0.39 is 11.9 Å². The summed E-state index contributed by atoms with van der Waals surface area (Å²) in [6.45, 7) is 0. The minimum absolute atomic E-state index is 0.169. The quantitative estimate of drug-likeness (QED) is 0.876. The molecule has 1 amide bonds.